The highest BCUT2D eigenvalue weighted by molar-refractivity contribution is 5.88. The Labute approximate surface area is 222 Å². The number of nitrogens with zero attached hydrogens (tertiary/aromatic N) is 1. The molecule has 3 aliphatic rings. The van der Waals surface area contributed by atoms with Gasteiger partial charge in [0.05, 0.1) is 6.10 Å². The molecule has 2 saturated heterocycles. The van der Waals surface area contributed by atoms with E-state index in [1.807, 2.05) is 4.90 Å². The van der Waals surface area contributed by atoms with E-state index < -0.39 is 17.4 Å². The lowest BCUT2D eigenvalue weighted by molar-refractivity contribution is -0.179. The van der Waals surface area contributed by atoms with Crippen LogP contribution in [0, 0.1) is 5.41 Å². The minimum atomic E-state index is -0.812. The molecule has 3 rings (SSSR count). The van der Waals surface area contributed by atoms with Gasteiger partial charge in [-0.05, 0) is 65.2 Å². The van der Waals surface area contributed by atoms with Crippen LogP contribution in [0.1, 0.15) is 151 Å². The topological polar surface area (TPSA) is 61.8 Å². The fraction of sp³-hybridized carbons (Fsp3) is 0.968. The van der Waals surface area contributed by atoms with Gasteiger partial charge in [-0.25, -0.2) is 0 Å². The zero-order valence-electron chi connectivity index (χ0n) is 24.8. The summed E-state index contributed by atoms with van der Waals surface area (Å²) in [5.74, 6) is 0.131. The van der Waals surface area contributed by atoms with Crippen LogP contribution in [0.5, 0.6) is 0 Å². The van der Waals surface area contributed by atoms with Crippen molar-refractivity contribution >= 4 is 5.91 Å². The van der Waals surface area contributed by atoms with Gasteiger partial charge in [0, 0.05) is 30.5 Å². The molecule has 0 radical (unpaired) electrons. The Hall–Kier alpha value is -0.650. The first-order valence-electron chi connectivity index (χ1n) is 15.3. The van der Waals surface area contributed by atoms with E-state index in [1.165, 1.54) is 44.9 Å². The minimum Gasteiger partial charge on any atom is -0.391 e. The predicted octanol–water partition coefficient (Wildman–Crippen LogP) is 7.10. The molecule has 2 N–H and O–H groups in total. The predicted molar refractivity (Wildman–Crippen MR) is 149 cm³/mol. The number of amides is 1. The monoisotopic (exact) mass is 506 g/mol. The number of β-amino-alcohol motifs (C(OH)–C–C–N with tert-alkyl or cyclic N) is 1. The van der Waals surface area contributed by atoms with Crippen molar-refractivity contribution in [2.24, 2.45) is 5.41 Å². The lowest BCUT2D eigenvalue weighted by Gasteiger charge is -2.50. The Morgan fingerprint density at radius 3 is 1.78 bits per heavy atom. The lowest BCUT2D eigenvalue weighted by atomic mass is 9.72. The zero-order valence-corrected chi connectivity index (χ0v) is 24.8. The number of rotatable bonds is 6. The number of aliphatic hydroxyl groups is 1. The second-order valence-electron chi connectivity index (χ2n) is 14.3. The van der Waals surface area contributed by atoms with Crippen molar-refractivity contribution in [2.75, 3.05) is 6.54 Å². The Bertz CT molecular complexity index is 699. The van der Waals surface area contributed by atoms with Crippen LogP contribution in [0.3, 0.4) is 0 Å². The maximum absolute atomic E-state index is 14.5. The van der Waals surface area contributed by atoms with Crippen molar-refractivity contribution in [1.82, 2.24) is 10.2 Å². The summed E-state index contributed by atoms with van der Waals surface area (Å²) in [7, 11) is 0. The van der Waals surface area contributed by atoms with Crippen molar-refractivity contribution in [3.8, 4) is 0 Å². The van der Waals surface area contributed by atoms with Crippen LogP contribution in [0.4, 0.5) is 0 Å². The smallest absolute Gasteiger partial charge is 0.257 e. The van der Waals surface area contributed by atoms with Crippen LogP contribution in [0.25, 0.3) is 0 Å². The number of aliphatic hydroxyl groups excluding tert-OH is 1. The second kappa shape index (κ2) is 11.6. The first-order chi connectivity index (χ1) is 16.8. The maximum atomic E-state index is 14.5. The highest BCUT2D eigenvalue weighted by Gasteiger charge is 2.64. The number of ether oxygens (including phenoxy) is 1. The first-order valence-corrected chi connectivity index (χ1v) is 15.3. The molecule has 36 heavy (non-hydrogen) atoms. The molecule has 0 aromatic carbocycles. The molecule has 0 aromatic heterocycles. The van der Waals surface area contributed by atoms with Crippen molar-refractivity contribution in [2.45, 2.75) is 180 Å². The van der Waals surface area contributed by atoms with Gasteiger partial charge >= 0.3 is 0 Å². The SMILES string of the molecule is CCC(C)(CC)CC(O)CN1C(=O)C2(CC(C)(C)NC(C)(C)C2)OC12CCCCCCCCCCC2. The molecule has 210 valence electrons. The molecule has 1 amide bonds. The number of carbonyl (C=O) groups excluding carboxylic acids is 1. The van der Waals surface area contributed by atoms with Crippen LogP contribution in [-0.4, -0.2) is 51.0 Å². The third kappa shape index (κ3) is 7.05. The summed E-state index contributed by atoms with van der Waals surface area (Å²) in [6.45, 7) is 15.9. The van der Waals surface area contributed by atoms with Crippen LogP contribution in [-0.2, 0) is 9.53 Å². The highest BCUT2D eigenvalue weighted by Crippen LogP contribution is 2.51. The number of hydrogen-bond acceptors (Lipinski definition) is 4. The second-order valence-corrected chi connectivity index (χ2v) is 14.3. The molecule has 0 bridgehead atoms. The number of nitrogens with one attached hydrogen (secondary N) is 1. The van der Waals surface area contributed by atoms with Gasteiger partial charge in [0.15, 0.2) is 5.60 Å². The number of hydrogen-bond donors (Lipinski definition) is 2. The van der Waals surface area contributed by atoms with Gasteiger partial charge in [0.2, 0.25) is 0 Å². The van der Waals surface area contributed by atoms with Crippen LogP contribution in [0.2, 0.25) is 0 Å². The third-order valence-corrected chi connectivity index (χ3v) is 9.61. The maximum Gasteiger partial charge on any atom is 0.257 e. The summed E-state index contributed by atoms with van der Waals surface area (Å²) in [6.07, 6.45) is 16.5. The van der Waals surface area contributed by atoms with Crippen LogP contribution >= 0.6 is 0 Å². The normalized spacial score (nSPS) is 27.6. The molecule has 1 atom stereocenters. The average molecular weight is 507 g/mol. The molecule has 0 aromatic rings. The van der Waals surface area contributed by atoms with Gasteiger partial charge in [-0.15, -0.1) is 0 Å². The fourth-order valence-corrected chi connectivity index (χ4v) is 7.78. The van der Waals surface area contributed by atoms with E-state index in [1.54, 1.807) is 0 Å². The molecular formula is C31H58N2O3. The van der Waals surface area contributed by atoms with E-state index in [0.717, 1.165) is 44.9 Å². The molecule has 3 fully saturated rings. The Morgan fingerprint density at radius 2 is 1.33 bits per heavy atom. The summed E-state index contributed by atoms with van der Waals surface area (Å²) in [6, 6.07) is 0. The molecule has 1 saturated carbocycles. The van der Waals surface area contributed by atoms with Crippen molar-refractivity contribution < 1.29 is 14.6 Å². The summed E-state index contributed by atoms with van der Waals surface area (Å²) in [5, 5.41) is 15.1. The summed E-state index contributed by atoms with van der Waals surface area (Å²) in [5.41, 5.74) is -1.69. The fourth-order valence-electron chi connectivity index (χ4n) is 7.78. The Kier molecular flexibility index (Phi) is 9.65. The van der Waals surface area contributed by atoms with E-state index in [2.05, 4.69) is 53.8 Å². The summed E-state index contributed by atoms with van der Waals surface area (Å²) < 4.78 is 7.23. The van der Waals surface area contributed by atoms with E-state index in [4.69, 9.17) is 4.74 Å². The van der Waals surface area contributed by atoms with Crippen molar-refractivity contribution in [1.29, 1.82) is 0 Å². The highest BCUT2D eigenvalue weighted by atomic mass is 16.6. The summed E-state index contributed by atoms with van der Waals surface area (Å²) >= 11 is 0. The molecule has 2 spiro atoms. The standard InChI is InChI=1S/C31H58N2O3/c1-8-29(7,9-2)21-25(34)22-33-26(35)30(23-27(3,4)32-28(5,6)24-30)36-31(33)19-17-15-13-11-10-12-14-16-18-20-31/h25,32,34H,8-24H2,1-7H3. The van der Waals surface area contributed by atoms with Crippen LogP contribution < -0.4 is 5.32 Å². The van der Waals surface area contributed by atoms with Gasteiger partial charge in [0.1, 0.15) is 5.72 Å². The first kappa shape index (κ1) is 29.9. The van der Waals surface area contributed by atoms with Crippen molar-refractivity contribution in [3.63, 3.8) is 0 Å². The molecule has 1 aliphatic carbocycles. The molecule has 2 aliphatic heterocycles. The molecule has 5 nitrogen and oxygen atoms in total. The Morgan fingerprint density at radius 1 is 0.889 bits per heavy atom. The zero-order chi connectivity index (χ0) is 26.7. The third-order valence-electron chi connectivity index (χ3n) is 9.61. The number of carbonyl (C=O) groups is 1. The van der Waals surface area contributed by atoms with Gasteiger partial charge in [-0.1, -0.05) is 78.6 Å². The molecule has 2 heterocycles. The van der Waals surface area contributed by atoms with Crippen LogP contribution in [0.15, 0.2) is 0 Å². The van der Waals surface area contributed by atoms with E-state index in [0.29, 0.717) is 19.4 Å². The summed E-state index contributed by atoms with van der Waals surface area (Å²) in [4.78, 5) is 16.6. The Balaban J connectivity index is 1.95. The quantitative estimate of drug-likeness (QED) is 0.403. The molecule has 1 unspecified atom stereocenters. The van der Waals surface area contributed by atoms with Crippen molar-refractivity contribution in [3.05, 3.63) is 0 Å². The molecular weight excluding hydrogens is 448 g/mol. The minimum absolute atomic E-state index is 0.0964. The largest absolute Gasteiger partial charge is 0.391 e. The van der Waals surface area contributed by atoms with E-state index >= 15 is 0 Å². The van der Waals surface area contributed by atoms with Gasteiger partial charge < -0.3 is 20.1 Å². The van der Waals surface area contributed by atoms with E-state index in [9.17, 15) is 9.90 Å². The lowest BCUT2D eigenvalue weighted by Crippen LogP contribution is -2.65. The van der Waals surface area contributed by atoms with Gasteiger partial charge in [0.25, 0.3) is 5.91 Å². The van der Waals surface area contributed by atoms with Gasteiger partial charge in [-0.2, -0.15) is 0 Å². The van der Waals surface area contributed by atoms with Gasteiger partial charge in [-0.3, -0.25) is 4.79 Å². The molecule has 5 heteroatoms. The number of piperidine rings is 1. The van der Waals surface area contributed by atoms with E-state index in [-0.39, 0.29) is 22.4 Å². The average Bonchev–Trinajstić information content (AvgIpc) is 2.95.